The van der Waals surface area contributed by atoms with E-state index in [9.17, 15) is 9.59 Å². The van der Waals surface area contributed by atoms with E-state index in [4.69, 9.17) is 19.3 Å². The van der Waals surface area contributed by atoms with Gasteiger partial charge < -0.3 is 24.2 Å². The van der Waals surface area contributed by atoms with E-state index in [0.29, 0.717) is 23.8 Å². The lowest BCUT2D eigenvalue weighted by atomic mass is 10.1. The summed E-state index contributed by atoms with van der Waals surface area (Å²) >= 11 is 0. The first-order valence-corrected chi connectivity index (χ1v) is 8.31. The maximum atomic E-state index is 12.6. The Hall–Kier alpha value is -3.22. The predicted molar refractivity (Wildman–Crippen MR) is 99.3 cm³/mol. The third-order valence-electron chi connectivity index (χ3n) is 3.96. The fraction of sp³-hybridized carbons (Fsp3) is 0.300. The Labute approximate surface area is 158 Å². The molecule has 0 saturated heterocycles. The van der Waals surface area contributed by atoms with Crippen molar-refractivity contribution in [2.75, 3.05) is 27.9 Å². The topological polar surface area (TPSA) is 85.3 Å². The lowest BCUT2D eigenvalue weighted by Crippen LogP contribution is -2.27. The highest BCUT2D eigenvalue weighted by Gasteiger charge is 2.14. The van der Waals surface area contributed by atoms with Crippen molar-refractivity contribution in [2.45, 2.75) is 13.0 Å². The van der Waals surface area contributed by atoms with E-state index in [-0.39, 0.29) is 18.9 Å². The van der Waals surface area contributed by atoms with Crippen LogP contribution in [0.1, 0.15) is 11.1 Å². The zero-order chi connectivity index (χ0) is 19.8. The van der Waals surface area contributed by atoms with Crippen LogP contribution in [0.15, 0.2) is 42.5 Å². The first-order valence-electron chi connectivity index (χ1n) is 8.31. The number of carboxylic acid groups (broad SMARTS) is 1. The number of ether oxygens (including phenoxy) is 3. The van der Waals surface area contributed by atoms with Gasteiger partial charge in [-0.3, -0.25) is 4.79 Å². The third-order valence-corrected chi connectivity index (χ3v) is 3.96. The summed E-state index contributed by atoms with van der Waals surface area (Å²) in [6, 6.07) is 12.3. The maximum Gasteiger partial charge on any atom is 0.341 e. The lowest BCUT2D eigenvalue weighted by molar-refractivity contribution is -0.139. The van der Waals surface area contributed by atoms with Gasteiger partial charge in [0.05, 0.1) is 20.6 Å². The SMILES string of the molecule is COc1ccc(OC)c(CC(=O)N(C)Cc2ccc(OCC(=O)O)cc2)c1. The molecule has 0 aliphatic rings. The highest BCUT2D eigenvalue weighted by molar-refractivity contribution is 5.79. The number of methoxy groups -OCH3 is 2. The number of nitrogens with zero attached hydrogens (tertiary/aromatic N) is 1. The Kier molecular flexibility index (Phi) is 7.05. The van der Waals surface area contributed by atoms with Crippen LogP contribution >= 0.6 is 0 Å². The Morgan fingerprint density at radius 1 is 1.00 bits per heavy atom. The van der Waals surface area contributed by atoms with Crippen molar-refractivity contribution in [1.82, 2.24) is 4.90 Å². The molecule has 1 amide bonds. The Balaban J connectivity index is 1.98. The second-order valence-electron chi connectivity index (χ2n) is 5.93. The molecule has 0 aromatic heterocycles. The van der Waals surface area contributed by atoms with Crippen LogP contribution in [0.3, 0.4) is 0 Å². The zero-order valence-corrected chi connectivity index (χ0v) is 15.6. The average Bonchev–Trinajstić information content (AvgIpc) is 2.67. The van der Waals surface area contributed by atoms with Crippen LogP contribution < -0.4 is 14.2 Å². The number of hydrogen-bond donors (Lipinski definition) is 1. The van der Waals surface area contributed by atoms with Gasteiger partial charge in [0, 0.05) is 19.2 Å². The summed E-state index contributed by atoms with van der Waals surface area (Å²) in [5, 5.41) is 8.61. The van der Waals surface area contributed by atoms with Crippen LogP contribution in [-0.2, 0) is 22.6 Å². The molecule has 0 atom stereocenters. The van der Waals surface area contributed by atoms with Crippen molar-refractivity contribution in [3.63, 3.8) is 0 Å². The van der Waals surface area contributed by atoms with E-state index < -0.39 is 5.97 Å². The summed E-state index contributed by atoms with van der Waals surface area (Å²) in [5.74, 6) is 0.678. The van der Waals surface area contributed by atoms with Crippen molar-refractivity contribution in [3.8, 4) is 17.2 Å². The van der Waals surface area contributed by atoms with Gasteiger partial charge in [-0.15, -0.1) is 0 Å². The fourth-order valence-electron chi connectivity index (χ4n) is 2.52. The molecular weight excluding hydrogens is 350 g/mol. The molecule has 2 rings (SSSR count). The molecule has 0 aliphatic heterocycles. The van der Waals surface area contributed by atoms with Gasteiger partial charge >= 0.3 is 5.97 Å². The molecule has 0 bridgehead atoms. The van der Waals surface area contributed by atoms with Gasteiger partial charge in [0.1, 0.15) is 17.2 Å². The first kappa shape index (κ1) is 20.1. The zero-order valence-electron chi connectivity index (χ0n) is 15.6. The second kappa shape index (κ2) is 9.47. The molecular formula is C20H23NO6. The standard InChI is InChI=1S/C20H23NO6/c1-21(12-14-4-6-16(7-5-14)27-13-20(23)24)19(22)11-15-10-17(25-2)8-9-18(15)26-3/h4-10H,11-13H2,1-3H3,(H,23,24). The molecule has 2 aromatic carbocycles. The van der Waals surface area contributed by atoms with E-state index in [0.717, 1.165) is 11.1 Å². The van der Waals surface area contributed by atoms with Crippen LogP contribution in [0.4, 0.5) is 0 Å². The predicted octanol–water partition coefficient (Wildman–Crippen LogP) is 2.37. The minimum absolute atomic E-state index is 0.0623. The Morgan fingerprint density at radius 3 is 2.26 bits per heavy atom. The molecule has 7 nitrogen and oxygen atoms in total. The monoisotopic (exact) mass is 373 g/mol. The summed E-state index contributed by atoms with van der Waals surface area (Å²) in [7, 11) is 4.86. The summed E-state index contributed by atoms with van der Waals surface area (Å²) in [6.07, 6.45) is 0.191. The van der Waals surface area contributed by atoms with Crippen molar-refractivity contribution in [1.29, 1.82) is 0 Å². The number of benzene rings is 2. The number of carbonyl (C=O) groups excluding carboxylic acids is 1. The summed E-state index contributed by atoms with van der Waals surface area (Å²) in [6.45, 7) is 0.0322. The Bertz CT molecular complexity index is 788. The van der Waals surface area contributed by atoms with Crippen molar-refractivity contribution in [2.24, 2.45) is 0 Å². The van der Waals surface area contributed by atoms with E-state index in [2.05, 4.69) is 0 Å². The molecule has 2 aromatic rings. The van der Waals surface area contributed by atoms with E-state index in [1.165, 1.54) is 0 Å². The minimum Gasteiger partial charge on any atom is -0.497 e. The van der Waals surface area contributed by atoms with Gasteiger partial charge in [-0.05, 0) is 35.9 Å². The van der Waals surface area contributed by atoms with Crippen LogP contribution in [0.2, 0.25) is 0 Å². The highest BCUT2D eigenvalue weighted by Crippen LogP contribution is 2.25. The van der Waals surface area contributed by atoms with E-state index in [1.807, 2.05) is 0 Å². The third kappa shape index (κ3) is 5.91. The minimum atomic E-state index is -1.03. The van der Waals surface area contributed by atoms with E-state index in [1.54, 1.807) is 68.6 Å². The van der Waals surface area contributed by atoms with Crippen molar-refractivity contribution < 1.29 is 28.9 Å². The summed E-state index contributed by atoms with van der Waals surface area (Å²) in [5.41, 5.74) is 1.66. The number of likely N-dealkylation sites (N-methyl/N-ethyl adjacent to an activating group) is 1. The molecule has 0 heterocycles. The number of aliphatic carboxylic acids is 1. The molecule has 1 N–H and O–H groups in total. The molecule has 144 valence electrons. The highest BCUT2D eigenvalue weighted by atomic mass is 16.5. The maximum absolute atomic E-state index is 12.6. The number of amides is 1. The van der Waals surface area contributed by atoms with Crippen molar-refractivity contribution in [3.05, 3.63) is 53.6 Å². The molecule has 0 spiro atoms. The largest absolute Gasteiger partial charge is 0.497 e. The van der Waals surface area contributed by atoms with Crippen LogP contribution in [-0.4, -0.2) is 49.8 Å². The van der Waals surface area contributed by atoms with Gasteiger partial charge in [0.15, 0.2) is 6.61 Å². The van der Waals surface area contributed by atoms with Crippen molar-refractivity contribution >= 4 is 11.9 Å². The molecule has 0 aliphatic carbocycles. The molecule has 0 fully saturated rings. The molecule has 0 unspecified atom stereocenters. The lowest BCUT2D eigenvalue weighted by Gasteiger charge is -2.19. The fourth-order valence-corrected chi connectivity index (χ4v) is 2.52. The second-order valence-corrected chi connectivity index (χ2v) is 5.93. The average molecular weight is 373 g/mol. The van der Waals surface area contributed by atoms with Crippen LogP contribution in [0, 0.1) is 0 Å². The Morgan fingerprint density at radius 2 is 1.67 bits per heavy atom. The van der Waals surface area contributed by atoms with E-state index >= 15 is 0 Å². The van der Waals surface area contributed by atoms with Gasteiger partial charge in [-0.25, -0.2) is 4.79 Å². The number of hydrogen-bond acceptors (Lipinski definition) is 5. The van der Waals surface area contributed by atoms with Crippen LogP contribution in [0.25, 0.3) is 0 Å². The molecule has 7 heteroatoms. The molecule has 27 heavy (non-hydrogen) atoms. The van der Waals surface area contributed by atoms with Gasteiger partial charge in [0.2, 0.25) is 5.91 Å². The summed E-state index contributed by atoms with van der Waals surface area (Å²) in [4.78, 5) is 24.7. The molecule has 0 saturated carbocycles. The molecule has 0 radical (unpaired) electrons. The number of rotatable bonds is 9. The van der Waals surface area contributed by atoms with Gasteiger partial charge in [0.25, 0.3) is 0 Å². The number of carbonyl (C=O) groups is 2. The summed E-state index contributed by atoms with van der Waals surface area (Å²) < 4.78 is 15.6. The van der Waals surface area contributed by atoms with Gasteiger partial charge in [-0.1, -0.05) is 12.1 Å². The quantitative estimate of drug-likeness (QED) is 0.726. The van der Waals surface area contributed by atoms with Crippen LogP contribution in [0.5, 0.6) is 17.2 Å². The smallest absolute Gasteiger partial charge is 0.341 e. The normalized spacial score (nSPS) is 10.2. The van der Waals surface area contributed by atoms with Gasteiger partial charge in [-0.2, -0.15) is 0 Å². The first-order chi connectivity index (χ1) is 12.9. The number of carboxylic acids is 1.